The van der Waals surface area contributed by atoms with Crippen molar-refractivity contribution in [3.8, 4) is 17.1 Å². The van der Waals surface area contributed by atoms with Gasteiger partial charge in [-0.25, -0.2) is 0 Å². The van der Waals surface area contributed by atoms with Crippen LogP contribution in [0.3, 0.4) is 0 Å². The Morgan fingerprint density at radius 1 is 1.28 bits per heavy atom. The van der Waals surface area contributed by atoms with E-state index in [2.05, 4.69) is 32.2 Å². The molecular weight excluding hydrogens is 390 g/mol. The van der Waals surface area contributed by atoms with E-state index < -0.39 is 0 Å². The molecule has 2 aromatic heterocycles. The summed E-state index contributed by atoms with van der Waals surface area (Å²) in [7, 11) is 1.65. The second kappa shape index (κ2) is 10.1. The summed E-state index contributed by atoms with van der Waals surface area (Å²) in [5.41, 5.74) is 0.986. The van der Waals surface area contributed by atoms with Gasteiger partial charge < -0.3 is 19.1 Å². The molecule has 8 nitrogen and oxygen atoms in total. The molecule has 0 spiro atoms. The Morgan fingerprint density at radius 3 is 2.72 bits per heavy atom. The van der Waals surface area contributed by atoms with Crippen LogP contribution in [0.15, 0.2) is 40.0 Å². The molecule has 0 aliphatic carbocycles. The Morgan fingerprint density at radius 2 is 2.07 bits per heavy atom. The van der Waals surface area contributed by atoms with Crippen LogP contribution in [-0.4, -0.2) is 38.7 Å². The molecule has 9 heteroatoms. The molecular formula is C20H25N5O3S. The number of rotatable bonds is 10. The van der Waals surface area contributed by atoms with Crippen molar-refractivity contribution in [2.45, 2.75) is 44.8 Å². The lowest BCUT2D eigenvalue weighted by molar-refractivity contribution is -0.115. The van der Waals surface area contributed by atoms with E-state index in [1.807, 2.05) is 24.3 Å². The van der Waals surface area contributed by atoms with Crippen LogP contribution in [0, 0.1) is 6.92 Å². The molecule has 0 bridgehead atoms. The van der Waals surface area contributed by atoms with Crippen molar-refractivity contribution in [3.05, 3.63) is 36.1 Å². The van der Waals surface area contributed by atoms with Gasteiger partial charge in [-0.15, -0.1) is 10.2 Å². The van der Waals surface area contributed by atoms with E-state index in [4.69, 9.17) is 9.26 Å². The van der Waals surface area contributed by atoms with E-state index >= 15 is 0 Å². The average molecular weight is 416 g/mol. The van der Waals surface area contributed by atoms with Crippen LogP contribution in [-0.2, 0) is 11.3 Å². The van der Waals surface area contributed by atoms with Crippen molar-refractivity contribution in [2.75, 3.05) is 18.2 Å². The zero-order valence-electron chi connectivity index (χ0n) is 16.8. The van der Waals surface area contributed by atoms with Crippen LogP contribution >= 0.6 is 11.8 Å². The van der Waals surface area contributed by atoms with E-state index in [0.29, 0.717) is 23.8 Å². The summed E-state index contributed by atoms with van der Waals surface area (Å²) in [6.07, 6.45) is 2.44. The van der Waals surface area contributed by atoms with Crippen molar-refractivity contribution in [1.82, 2.24) is 19.9 Å². The summed E-state index contributed by atoms with van der Waals surface area (Å²) in [5, 5.41) is 16.1. The fourth-order valence-electron chi connectivity index (χ4n) is 2.73. The summed E-state index contributed by atoms with van der Waals surface area (Å²) in [6.45, 7) is 4.76. The lowest BCUT2D eigenvalue weighted by Crippen LogP contribution is -2.12. The van der Waals surface area contributed by atoms with Crippen LogP contribution in [0.5, 0.6) is 5.75 Å². The standard InChI is InChI=1S/C20H25N5O3S/c1-4-5-11-25-19(15-6-8-16(27-3)9-7-15)22-23-20(25)29-12-10-18(26)21-17-13-14(2)28-24-17/h6-9,13H,4-5,10-12H2,1-3H3,(H,21,24,26). The van der Waals surface area contributed by atoms with Crippen LogP contribution in [0.1, 0.15) is 31.9 Å². The Hall–Kier alpha value is -2.81. The number of hydrogen-bond donors (Lipinski definition) is 1. The van der Waals surface area contributed by atoms with E-state index in [0.717, 1.165) is 41.7 Å². The molecule has 3 rings (SSSR count). The highest BCUT2D eigenvalue weighted by Gasteiger charge is 2.15. The summed E-state index contributed by atoms with van der Waals surface area (Å²) >= 11 is 1.52. The summed E-state index contributed by atoms with van der Waals surface area (Å²) in [6, 6.07) is 9.47. The number of anilines is 1. The predicted molar refractivity (Wildman–Crippen MR) is 112 cm³/mol. The van der Waals surface area contributed by atoms with Gasteiger partial charge in [0, 0.05) is 30.3 Å². The highest BCUT2D eigenvalue weighted by atomic mass is 32.2. The maximum absolute atomic E-state index is 12.1. The lowest BCUT2D eigenvalue weighted by atomic mass is 10.2. The molecule has 0 unspecified atom stereocenters. The molecule has 0 radical (unpaired) electrons. The van der Waals surface area contributed by atoms with Gasteiger partial charge in [-0.3, -0.25) is 4.79 Å². The summed E-state index contributed by atoms with van der Waals surface area (Å²) in [5.74, 6) is 3.20. The number of thioether (sulfide) groups is 1. The fraction of sp³-hybridized carbons (Fsp3) is 0.400. The van der Waals surface area contributed by atoms with E-state index in [-0.39, 0.29) is 5.91 Å². The van der Waals surface area contributed by atoms with Crippen LogP contribution in [0.2, 0.25) is 0 Å². The first kappa shape index (κ1) is 20.9. The molecule has 1 N–H and O–H groups in total. The first-order valence-corrected chi connectivity index (χ1v) is 10.5. The number of ether oxygens (including phenoxy) is 1. The number of nitrogens with one attached hydrogen (secondary N) is 1. The third-order valence-corrected chi connectivity index (χ3v) is 5.22. The highest BCUT2D eigenvalue weighted by Crippen LogP contribution is 2.26. The second-order valence-electron chi connectivity index (χ2n) is 6.51. The second-order valence-corrected chi connectivity index (χ2v) is 7.57. The number of carbonyl (C=O) groups excluding carboxylic acids is 1. The minimum atomic E-state index is -0.110. The molecule has 0 atom stereocenters. The van der Waals surface area contributed by atoms with Crippen LogP contribution in [0.4, 0.5) is 5.82 Å². The van der Waals surface area contributed by atoms with Gasteiger partial charge in [0.15, 0.2) is 16.8 Å². The zero-order valence-corrected chi connectivity index (χ0v) is 17.7. The van der Waals surface area contributed by atoms with Gasteiger partial charge in [-0.1, -0.05) is 30.3 Å². The Balaban J connectivity index is 1.64. The predicted octanol–water partition coefficient (Wildman–Crippen LogP) is 4.17. The van der Waals surface area contributed by atoms with Crippen molar-refractivity contribution in [1.29, 1.82) is 0 Å². The van der Waals surface area contributed by atoms with Gasteiger partial charge in [0.05, 0.1) is 7.11 Å². The van der Waals surface area contributed by atoms with E-state index in [1.54, 1.807) is 20.1 Å². The molecule has 0 aliphatic heterocycles. The van der Waals surface area contributed by atoms with Gasteiger partial charge >= 0.3 is 0 Å². The molecule has 0 aliphatic rings. The SMILES string of the molecule is CCCCn1c(SCCC(=O)Nc2cc(C)on2)nnc1-c1ccc(OC)cc1. The Kier molecular flexibility index (Phi) is 7.29. The molecule has 3 aromatic rings. The first-order chi connectivity index (χ1) is 14.1. The Bertz CT molecular complexity index is 936. The minimum Gasteiger partial charge on any atom is -0.497 e. The summed E-state index contributed by atoms with van der Waals surface area (Å²) < 4.78 is 12.3. The van der Waals surface area contributed by atoms with Crippen LogP contribution in [0.25, 0.3) is 11.4 Å². The number of unbranched alkanes of at least 4 members (excludes halogenated alkanes) is 1. The average Bonchev–Trinajstić information content (AvgIpc) is 3.32. The molecule has 29 heavy (non-hydrogen) atoms. The Labute approximate surface area is 174 Å². The monoisotopic (exact) mass is 415 g/mol. The number of benzene rings is 1. The molecule has 1 aromatic carbocycles. The number of methoxy groups -OCH3 is 1. The third-order valence-electron chi connectivity index (χ3n) is 4.26. The number of hydrogen-bond acceptors (Lipinski definition) is 7. The number of aryl methyl sites for hydroxylation is 1. The maximum atomic E-state index is 12.1. The van der Waals surface area contributed by atoms with E-state index in [9.17, 15) is 4.79 Å². The van der Waals surface area contributed by atoms with Gasteiger partial charge in [-0.05, 0) is 37.6 Å². The normalized spacial score (nSPS) is 10.9. The molecule has 154 valence electrons. The van der Waals surface area contributed by atoms with Crippen LogP contribution < -0.4 is 10.1 Å². The lowest BCUT2D eigenvalue weighted by Gasteiger charge is -2.10. The fourth-order valence-corrected chi connectivity index (χ4v) is 3.63. The molecule has 0 saturated heterocycles. The van der Waals surface area contributed by atoms with E-state index in [1.165, 1.54) is 11.8 Å². The van der Waals surface area contributed by atoms with Gasteiger partial charge in [-0.2, -0.15) is 0 Å². The molecule has 1 amide bonds. The topological polar surface area (TPSA) is 95.1 Å². The molecule has 2 heterocycles. The first-order valence-electron chi connectivity index (χ1n) is 9.54. The zero-order chi connectivity index (χ0) is 20.6. The smallest absolute Gasteiger partial charge is 0.226 e. The van der Waals surface area contributed by atoms with Gasteiger partial charge in [0.1, 0.15) is 11.5 Å². The maximum Gasteiger partial charge on any atom is 0.226 e. The highest BCUT2D eigenvalue weighted by molar-refractivity contribution is 7.99. The number of amides is 1. The largest absolute Gasteiger partial charge is 0.497 e. The third kappa shape index (κ3) is 5.60. The number of nitrogens with zero attached hydrogens (tertiary/aromatic N) is 4. The number of carbonyl (C=O) groups is 1. The molecule has 0 fully saturated rings. The molecule has 0 saturated carbocycles. The van der Waals surface area contributed by atoms with Gasteiger partial charge in [0.2, 0.25) is 5.91 Å². The van der Waals surface area contributed by atoms with Crippen molar-refractivity contribution in [3.63, 3.8) is 0 Å². The van der Waals surface area contributed by atoms with Crippen molar-refractivity contribution >= 4 is 23.5 Å². The summed E-state index contributed by atoms with van der Waals surface area (Å²) in [4.78, 5) is 12.1. The number of aromatic nitrogens is 4. The minimum absolute atomic E-state index is 0.110. The van der Waals surface area contributed by atoms with Gasteiger partial charge in [0.25, 0.3) is 0 Å². The quantitative estimate of drug-likeness (QED) is 0.497. The van der Waals surface area contributed by atoms with Crippen molar-refractivity contribution in [2.24, 2.45) is 0 Å². The van der Waals surface area contributed by atoms with Crippen molar-refractivity contribution < 1.29 is 14.1 Å².